The molecule has 2 N–H and O–H groups in total. The molecule has 0 fully saturated rings. The van der Waals surface area contributed by atoms with Gasteiger partial charge in [-0.1, -0.05) is 32.6 Å². The standard InChI is InChI=1S/C11H20N2S/c1-3-4-5-6-7-10(12)11-13-9(2)8-14-11/h8,10H,3-7,12H2,1-2H3. The van der Waals surface area contributed by atoms with Crippen LogP contribution < -0.4 is 5.73 Å². The highest BCUT2D eigenvalue weighted by molar-refractivity contribution is 7.09. The number of rotatable bonds is 6. The number of unbranched alkanes of at least 4 members (excludes halogenated alkanes) is 3. The van der Waals surface area contributed by atoms with Crippen molar-refractivity contribution < 1.29 is 0 Å². The lowest BCUT2D eigenvalue weighted by Gasteiger charge is -2.07. The van der Waals surface area contributed by atoms with Crippen LogP contribution in [0.25, 0.3) is 0 Å². The Kier molecular flexibility index (Phi) is 5.12. The molecule has 1 aromatic heterocycles. The second kappa shape index (κ2) is 6.14. The number of hydrogen-bond donors (Lipinski definition) is 1. The molecule has 14 heavy (non-hydrogen) atoms. The smallest absolute Gasteiger partial charge is 0.110 e. The van der Waals surface area contributed by atoms with Crippen LogP contribution in [0.2, 0.25) is 0 Å². The molecule has 0 aliphatic heterocycles. The maximum atomic E-state index is 6.04. The van der Waals surface area contributed by atoms with Crippen LogP contribution in [0.15, 0.2) is 5.38 Å². The van der Waals surface area contributed by atoms with Crippen LogP contribution in [-0.2, 0) is 0 Å². The highest BCUT2D eigenvalue weighted by Gasteiger charge is 2.08. The summed E-state index contributed by atoms with van der Waals surface area (Å²) in [5.74, 6) is 0. The highest BCUT2D eigenvalue weighted by atomic mass is 32.1. The Hall–Kier alpha value is -0.410. The molecule has 0 spiro atoms. The molecule has 0 bridgehead atoms. The molecule has 0 aliphatic carbocycles. The first-order valence-corrected chi connectivity index (χ1v) is 6.29. The number of hydrogen-bond acceptors (Lipinski definition) is 3. The average Bonchev–Trinajstić information content (AvgIpc) is 2.59. The van der Waals surface area contributed by atoms with Crippen molar-refractivity contribution in [3.05, 3.63) is 16.1 Å². The van der Waals surface area contributed by atoms with Gasteiger partial charge >= 0.3 is 0 Å². The fourth-order valence-corrected chi connectivity index (χ4v) is 2.29. The first kappa shape index (κ1) is 11.7. The van der Waals surface area contributed by atoms with Crippen molar-refractivity contribution in [2.45, 2.75) is 52.0 Å². The van der Waals surface area contributed by atoms with E-state index in [4.69, 9.17) is 5.73 Å². The molecular formula is C11H20N2S. The minimum Gasteiger partial charge on any atom is -0.322 e. The molecule has 0 aromatic carbocycles. The van der Waals surface area contributed by atoms with Crippen LogP contribution in [-0.4, -0.2) is 4.98 Å². The van der Waals surface area contributed by atoms with Crippen LogP contribution >= 0.6 is 11.3 Å². The van der Waals surface area contributed by atoms with Gasteiger partial charge in [0, 0.05) is 11.1 Å². The van der Waals surface area contributed by atoms with E-state index < -0.39 is 0 Å². The SMILES string of the molecule is CCCCCCC(N)c1nc(C)cs1. The summed E-state index contributed by atoms with van der Waals surface area (Å²) in [5.41, 5.74) is 7.13. The Balaban J connectivity index is 2.25. The molecular weight excluding hydrogens is 192 g/mol. The zero-order valence-electron chi connectivity index (χ0n) is 9.12. The summed E-state index contributed by atoms with van der Waals surface area (Å²) in [5, 5.41) is 3.17. The van der Waals surface area contributed by atoms with Gasteiger partial charge < -0.3 is 5.73 Å². The minimum atomic E-state index is 0.158. The highest BCUT2D eigenvalue weighted by Crippen LogP contribution is 2.20. The second-order valence-electron chi connectivity index (χ2n) is 3.78. The van der Waals surface area contributed by atoms with Crippen LogP contribution in [0, 0.1) is 6.92 Å². The lowest BCUT2D eigenvalue weighted by atomic mass is 10.1. The van der Waals surface area contributed by atoms with Gasteiger partial charge in [-0.25, -0.2) is 4.98 Å². The van der Waals surface area contributed by atoms with E-state index in [1.54, 1.807) is 11.3 Å². The van der Waals surface area contributed by atoms with Crippen LogP contribution in [0.1, 0.15) is 55.8 Å². The van der Waals surface area contributed by atoms with Crippen LogP contribution in [0.5, 0.6) is 0 Å². The van der Waals surface area contributed by atoms with Gasteiger partial charge in [-0.05, 0) is 13.3 Å². The average molecular weight is 212 g/mol. The Bertz CT molecular complexity index is 258. The van der Waals surface area contributed by atoms with Crippen molar-refractivity contribution in [1.82, 2.24) is 4.98 Å². The predicted octanol–water partition coefficient (Wildman–Crippen LogP) is 3.42. The molecule has 0 aliphatic rings. The lowest BCUT2D eigenvalue weighted by Crippen LogP contribution is -2.09. The quantitative estimate of drug-likeness (QED) is 0.734. The van der Waals surface area contributed by atoms with Crippen molar-refractivity contribution in [3.8, 4) is 0 Å². The Morgan fingerprint density at radius 2 is 2.21 bits per heavy atom. The summed E-state index contributed by atoms with van der Waals surface area (Å²) in [4.78, 5) is 4.40. The van der Waals surface area contributed by atoms with Gasteiger partial charge in [-0.15, -0.1) is 11.3 Å². The molecule has 2 nitrogen and oxygen atoms in total. The molecule has 0 saturated carbocycles. The largest absolute Gasteiger partial charge is 0.322 e. The van der Waals surface area contributed by atoms with E-state index in [-0.39, 0.29) is 6.04 Å². The maximum Gasteiger partial charge on any atom is 0.110 e. The molecule has 0 radical (unpaired) electrons. The molecule has 1 unspecified atom stereocenters. The van der Waals surface area contributed by atoms with E-state index in [0.29, 0.717) is 0 Å². The zero-order valence-corrected chi connectivity index (χ0v) is 9.94. The van der Waals surface area contributed by atoms with Crippen molar-refractivity contribution in [2.24, 2.45) is 5.73 Å². The van der Waals surface area contributed by atoms with Crippen molar-refractivity contribution >= 4 is 11.3 Å². The number of nitrogens with two attached hydrogens (primary N) is 1. The summed E-state index contributed by atoms with van der Waals surface area (Å²) in [7, 11) is 0. The molecule has 0 amide bonds. The molecule has 1 rings (SSSR count). The van der Waals surface area contributed by atoms with Gasteiger partial charge in [0.05, 0.1) is 6.04 Å². The molecule has 1 heterocycles. The molecule has 1 aromatic rings. The van der Waals surface area contributed by atoms with Crippen molar-refractivity contribution in [1.29, 1.82) is 0 Å². The van der Waals surface area contributed by atoms with E-state index >= 15 is 0 Å². The Morgan fingerprint density at radius 3 is 2.79 bits per heavy atom. The van der Waals surface area contributed by atoms with E-state index in [2.05, 4.69) is 17.3 Å². The normalized spacial score (nSPS) is 13.1. The van der Waals surface area contributed by atoms with E-state index in [0.717, 1.165) is 17.1 Å². The van der Waals surface area contributed by atoms with Gasteiger partial charge in [0.15, 0.2) is 0 Å². The van der Waals surface area contributed by atoms with Gasteiger partial charge in [0.2, 0.25) is 0 Å². The third kappa shape index (κ3) is 3.76. The third-order valence-corrected chi connectivity index (χ3v) is 3.42. The topological polar surface area (TPSA) is 38.9 Å². The lowest BCUT2D eigenvalue weighted by molar-refractivity contribution is 0.564. The summed E-state index contributed by atoms with van der Waals surface area (Å²) in [6.07, 6.45) is 6.21. The first-order valence-electron chi connectivity index (χ1n) is 5.41. The van der Waals surface area contributed by atoms with Gasteiger partial charge in [0.1, 0.15) is 5.01 Å². The third-order valence-electron chi connectivity index (χ3n) is 2.32. The fourth-order valence-electron chi connectivity index (χ4n) is 1.46. The fraction of sp³-hybridized carbons (Fsp3) is 0.727. The Morgan fingerprint density at radius 1 is 1.43 bits per heavy atom. The molecule has 3 heteroatoms. The van der Waals surface area contributed by atoms with E-state index in [1.165, 1.54) is 25.7 Å². The summed E-state index contributed by atoms with van der Waals surface area (Å²) in [6, 6.07) is 0.158. The predicted molar refractivity (Wildman–Crippen MR) is 62.5 cm³/mol. The summed E-state index contributed by atoms with van der Waals surface area (Å²) >= 11 is 1.69. The van der Waals surface area contributed by atoms with Gasteiger partial charge in [-0.2, -0.15) is 0 Å². The summed E-state index contributed by atoms with van der Waals surface area (Å²) in [6.45, 7) is 4.24. The van der Waals surface area contributed by atoms with Crippen molar-refractivity contribution in [2.75, 3.05) is 0 Å². The summed E-state index contributed by atoms with van der Waals surface area (Å²) < 4.78 is 0. The van der Waals surface area contributed by atoms with Gasteiger partial charge in [0.25, 0.3) is 0 Å². The van der Waals surface area contributed by atoms with Crippen molar-refractivity contribution in [3.63, 3.8) is 0 Å². The maximum absolute atomic E-state index is 6.04. The monoisotopic (exact) mass is 212 g/mol. The number of thiazole rings is 1. The first-order chi connectivity index (χ1) is 6.74. The van der Waals surface area contributed by atoms with E-state index in [9.17, 15) is 0 Å². The second-order valence-corrected chi connectivity index (χ2v) is 4.67. The zero-order chi connectivity index (χ0) is 10.4. The van der Waals surface area contributed by atoms with Crippen LogP contribution in [0.3, 0.4) is 0 Å². The molecule has 80 valence electrons. The van der Waals surface area contributed by atoms with Crippen LogP contribution in [0.4, 0.5) is 0 Å². The van der Waals surface area contributed by atoms with E-state index in [1.807, 2.05) is 6.92 Å². The number of aryl methyl sites for hydroxylation is 1. The number of aromatic nitrogens is 1. The Labute approximate surface area is 90.6 Å². The number of nitrogens with zero attached hydrogens (tertiary/aromatic N) is 1. The van der Waals surface area contributed by atoms with Gasteiger partial charge in [-0.3, -0.25) is 0 Å². The minimum absolute atomic E-state index is 0.158. The molecule has 1 atom stereocenters. The molecule has 0 saturated heterocycles.